The van der Waals surface area contributed by atoms with E-state index in [1.807, 2.05) is 19.4 Å². The monoisotopic (exact) mass is 450 g/mol. The van der Waals surface area contributed by atoms with Crippen LogP contribution in [-0.4, -0.2) is 24.6 Å². The molecule has 176 valence electrons. The summed E-state index contributed by atoms with van der Waals surface area (Å²) in [6.45, 7) is 4.68. The summed E-state index contributed by atoms with van der Waals surface area (Å²) in [6, 6.07) is 8.33. The predicted molar refractivity (Wildman–Crippen MR) is 129 cm³/mol. The van der Waals surface area contributed by atoms with Crippen molar-refractivity contribution in [2.24, 2.45) is 7.05 Å². The van der Waals surface area contributed by atoms with E-state index in [0.29, 0.717) is 0 Å². The van der Waals surface area contributed by atoms with Crippen LogP contribution in [0.15, 0.2) is 47.6 Å². The SMILES string of the molecule is CCCCCCCCCCCCOS(=O)(=O)c1ccccc1.CCCc1nccn1C. The highest BCUT2D eigenvalue weighted by Gasteiger charge is 2.13. The molecule has 0 bridgehead atoms. The van der Waals surface area contributed by atoms with Crippen LogP contribution in [-0.2, 0) is 27.8 Å². The smallest absolute Gasteiger partial charge is 0.296 e. The Kier molecular flexibility index (Phi) is 15.0. The van der Waals surface area contributed by atoms with Gasteiger partial charge in [0.2, 0.25) is 0 Å². The van der Waals surface area contributed by atoms with Crippen LogP contribution in [0.1, 0.15) is 90.3 Å². The summed E-state index contributed by atoms with van der Waals surface area (Å²) in [6.07, 6.45) is 18.3. The van der Waals surface area contributed by atoms with E-state index in [2.05, 4.69) is 23.4 Å². The minimum atomic E-state index is -3.57. The van der Waals surface area contributed by atoms with Gasteiger partial charge >= 0.3 is 0 Å². The molecule has 1 aromatic heterocycles. The zero-order valence-electron chi connectivity index (χ0n) is 19.8. The molecule has 0 unspecified atom stereocenters. The molecule has 0 spiro atoms. The van der Waals surface area contributed by atoms with Crippen molar-refractivity contribution in [2.75, 3.05) is 6.61 Å². The number of aromatic nitrogens is 2. The van der Waals surface area contributed by atoms with Crippen LogP contribution in [0.25, 0.3) is 0 Å². The van der Waals surface area contributed by atoms with Gasteiger partial charge in [0.25, 0.3) is 10.1 Å². The third-order valence-electron chi connectivity index (χ3n) is 5.16. The van der Waals surface area contributed by atoms with Crippen molar-refractivity contribution in [3.63, 3.8) is 0 Å². The van der Waals surface area contributed by atoms with E-state index in [4.69, 9.17) is 4.18 Å². The first kappa shape index (κ1) is 27.4. The quantitative estimate of drug-likeness (QED) is 0.224. The summed E-state index contributed by atoms with van der Waals surface area (Å²) in [4.78, 5) is 4.41. The van der Waals surface area contributed by atoms with Crippen LogP contribution in [0, 0.1) is 0 Å². The van der Waals surface area contributed by atoms with E-state index in [-0.39, 0.29) is 11.5 Å². The fourth-order valence-corrected chi connectivity index (χ4v) is 4.24. The molecule has 0 saturated heterocycles. The van der Waals surface area contributed by atoms with E-state index >= 15 is 0 Å². The third-order valence-corrected chi connectivity index (χ3v) is 6.49. The number of rotatable bonds is 15. The first-order valence-corrected chi connectivity index (χ1v) is 13.3. The zero-order chi connectivity index (χ0) is 22.8. The average Bonchev–Trinajstić information content (AvgIpc) is 3.18. The third kappa shape index (κ3) is 12.7. The lowest BCUT2D eigenvalue weighted by molar-refractivity contribution is 0.306. The van der Waals surface area contributed by atoms with Crippen molar-refractivity contribution in [3.05, 3.63) is 48.5 Å². The fourth-order valence-electron chi connectivity index (χ4n) is 3.27. The van der Waals surface area contributed by atoms with Gasteiger partial charge in [0.1, 0.15) is 5.82 Å². The van der Waals surface area contributed by atoms with Crippen molar-refractivity contribution < 1.29 is 12.6 Å². The molecule has 0 aliphatic carbocycles. The maximum absolute atomic E-state index is 11.9. The molecule has 0 saturated carbocycles. The van der Waals surface area contributed by atoms with E-state index in [1.54, 1.807) is 30.3 Å². The topological polar surface area (TPSA) is 61.2 Å². The lowest BCUT2D eigenvalue weighted by Gasteiger charge is -2.05. The highest BCUT2D eigenvalue weighted by atomic mass is 32.2. The van der Waals surface area contributed by atoms with Gasteiger partial charge in [-0.25, -0.2) is 4.98 Å². The minimum Gasteiger partial charge on any atom is -0.338 e. The molecule has 31 heavy (non-hydrogen) atoms. The second-order valence-corrected chi connectivity index (χ2v) is 9.59. The minimum absolute atomic E-state index is 0.238. The van der Waals surface area contributed by atoms with Crippen LogP contribution in [0.3, 0.4) is 0 Å². The molecule has 0 fully saturated rings. The fraction of sp³-hybridized carbons (Fsp3) is 0.640. The molecule has 0 N–H and O–H groups in total. The van der Waals surface area contributed by atoms with Gasteiger partial charge in [-0.05, 0) is 25.0 Å². The Morgan fingerprint density at radius 2 is 1.42 bits per heavy atom. The molecule has 6 heteroatoms. The van der Waals surface area contributed by atoms with Crippen LogP contribution < -0.4 is 0 Å². The summed E-state index contributed by atoms with van der Waals surface area (Å²) >= 11 is 0. The van der Waals surface area contributed by atoms with Gasteiger partial charge in [-0.3, -0.25) is 4.18 Å². The predicted octanol–water partition coefficient (Wildman–Crippen LogP) is 6.69. The van der Waals surface area contributed by atoms with Crippen molar-refractivity contribution >= 4 is 10.1 Å². The summed E-state index contributed by atoms with van der Waals surface area (Å²) < 4.78 is 30.9. The van der Waals surface area contributed by atoms with Gasteiger partial charge in [0.15, 0.2) is 0 Å². The summed E-state index contributed by atoms with van der Waals surface area (Å²) in [7, 11) is -1.54. The molecule has 0 aliphatic heterocycles. The van der Waals surface area contributed by atoms with Crippen LogP contribution in [0.4, 0.5) is 0 Å². The van der Waals surface area contributed by atoms with Gasteiger partial charge in [-0.15, -0.1) is 0 Å². The van der Waals surface area contributed by atoms with E-state index < -0.39 is 10.1 Å². The lowest BCUT2D eigenvalue weighted by atomic mass is 10.1. The van der Waals surface area contributed by atoms with Crippen molar-refractivity contribution in [1.82, 2.24) is 9.55 Å². The Labute approximate surface area is 190 Å². The van der Waals surface area contributed by atoms with Crippen LogP contribution in [0.5, 0.6) is 0 Å². The number of imidazole rings is 1. The number of benzene rings is 1. The number of unbranched alkanes of at least 4 members (excludes halogenated alkanes) is 9. The second kappa shape index (κ2) is 17.0. The van der Waals surface area contributed by atoms with Crippen molar-refractivity contribution in [2.45, 2.75) is 95.8 Å². The second-order valence-electron chi connectivity index (χ2n) is 7.98. The van der Waals surface area contributed by atoms with Crippen LogP contribution >= 0.6 is 0 Å². The molecule has 5 nitrogen and oxygen atoms in total. The largest absolute Gasteiger partial charge is 0.338 e. The van der Waals surface area contributed by atoms with E-state index in [0.717, 1.165) is 19.3 Å². The van der Waals surface area contributed by atoms with Crippen LogP contribution in [0.2, 0.25) is 0 Å². The van der Waals surface area contributed by atoms with E-state index in [1.165, 1.54) is 63.6 Å². The van der Waals surface area contributed by atoms with Gasteiger partial charge in [-0.1, -0.05) is 89.8 Å². The summed E-state index contributed by atoms with van der Waals surface area (Å²) in [5.74, 6) is 1.18. The number of aryl methyl sites for hydroxylation is 2. The van der Waals surface area contributed by atoms with Crippen molar-refractivity contribution in [1.29, 1.82) is 0 Å². The maximum Gasteiger partial charge on any atom is 0.296 e. The highest BCUT2D eigenvalue weighted by Crippen LogP contribution is 2.13. The normalized spacial score (nSPS) is 11.2. The highest BCUT2D eigenvalue weighted by molar-refractivity contribution is 7.86. The average molecular weight is 451 g/mol. The molecular weight excluding hydrogens is 408 g/mol. The first-order valence-electron chi connectivity index (χ1n) is 11.9. The molecule has 1 heterocycles. The van der Waals surface area contributed by atoms with Crippen molar-refractivity contribution in [3.8, 4) is 0 Å². The van der Waals surface area contributed by atoms with E-state index in [9.17, 15) is 8.42 Å². The number of nitrogens with zero attached hydrogens (tertiary/aromatic N) is 2. The summed E-state index contributed by atoms with van der Waals surface area (Å²) in [5.41, 5.74) is 0. The maximum atomic E-state index is 11.9. The number of hydrogen-bond acceptors (Lipinski definition) is 4. The molecular formula is C25H42N2O3S. The molecule has 0 aliphatic rings. The molecule has 2 aromatic rings. The Balaban J connectivity index is 0.000000442. The standard InChI is InChI=1S/C18H30O3S.C7H12N2/c1-2-3-4-5-6-7-8-9-10-14-17-21-22(19,20)18-15-12-11-13-16-18;1-3-4-7-8-5-6-9(7)2/h11-13,15-16H,2-10,14,17H2,1H3;5-6H,3-4H2,1-2H3. The van der Waals surface area contributed by atoms with Gasteiger partial charge in [0, 0.05) is 25.9 Å². The Morgan fingerprint density at radius 1 is 0.839 bits per heavy atom. The van der Waals surface area contributed by atoms with Gasteiger partial charge in [-0.2, -0.15) is 8.42 Å². The molecule has 0 radical (unpaired) electrons. The number of hydrogen-bond donors (Lipinski definition) is 0. The lowest BCUT2D eigenvalue weighted by Crippen LogP contribution is -2.07. The summed E-state index contributed by atoms with van der Waals surface area (Å²) in [5, 5.41) is 0. The first-order chi connectivity index (χ1) is 15.0. The zero-order valence-corrected chi connectivity index (χ0v) is 20.6. The molecule has 0 atom stereocenters. The molecule has 2 rings (SSSR count). The molecule has 1 aromatic carbocycles. The van der Waals surface area contributed by atoms with Gasteiger partial charge < -0.3 is 4.57 Å². The van der Waals surface area contributed by atoms with Gasteiger partial charge in [0.05, 0.1) is 11.5 Å². The Hall–Kier alpha value is -1.66. The Bertz CT molecular complexity index is 773. The molecule has 0 amide bonds. The Morgan fingerprint density at radius 3 is 1.94 bits per heavy atom.